The molecule has 0 saturated carbocycles. The Balaban J connectivity index is 2.83. The van der Waals surface area contributed by atoms with Crippen molar-refractivity contribution in [1.29, 1.82) is 0 Å². The minimum Gasteiger partial charge on any atom is -0.383 e. The molecular weight excluding hydrogens is 227 g/mol. The van der Waals surface area contributed by atoms with Crippen molar-refractivity contribution in [3.63, 3.8) is 0 Å². The molecule has 1 rings (SSSR count). The first-order chi connectivity index (χ1) is 7.95. The van der Waals surface area contributed by atoms with Crippen molar-refractivity contribution in [2.45, 2.75) is 13.0 Å². The lowest BCUT2D eigenvalue weighted by Crippen LogP contribution is -2.43. The van der Waals surface area contributed by atoms with Gasteiger partial charge in [0.1, 0.15) is 17.7 Å². The molecule has 0 aromatic carbocycles. The molecule has 0 fully saturated rings. The number of hydrogen-bond donors (Lipinski definition) is 3. The van der Waals surface area contributed by atoms with Gasteiger partial charge in [0.15, 0.2) is 0 Å². The predicted octanol–water partition coefficient (Wildman–Crippen LogP) is -0.333. The number of amides is 2. The van der Waals surface area contributed by atoms with Crippen LogP contribution in [0, 0.1) is 5.82 Å². The van der Waals surface area contributed by atoms with Crippen molar-refractivity contribution >= 4 is 17.6 Å². The van der Waals surface area contributed by atoms with Gasteiger partial charge in [-0.15, -0.1) is 0 Å². The van der Waals surface area contributed by atoms with Gasteiger partial charge in [-0.25, -0.2) is 9.37 Å². The van der Waals surface area contributed by atoms with E-state index in [0.29, 0.717) is 0 Å². The lowest BCUT2D eigenvalue weighted by atomic mass is 10.2. The van der Waals surface area contributed by atoms with E-state index < -0.39 is 17.8 Å². The van der Waals surface area contributed by atoms with Crippen LogP contribution >= 0.6 is 0 Å². The summed E-state index contributed by atoms with van der Waals surface area (Å²) in [5.41, 5.74) is 5.34. The van der Waals surface area contributed by atoms with Gasteiger partial charge in [0, 0.05) is 7.05 Å². The number of aromatic nitrogens is 1. The maximum Gasteiger partial charge on any atom is 0.255 e. The average Bonchev–Trinajstić information content (AvgIpc) is 2.30. The highest BCUT2D eigenvalue weighted by Gasteiger charge is 2.17. The van der Waals surface area contributed by atoms with Gasteiger partial charge in [-0.3, -0.25) is 9.59 Å². The Morgan fingerprint density at radius 2 is 2.18 bits per heavy atom. The van der Waals surface area contributed by atoms with Gasteiger partial charge in [-0.05, 0) is 13.0 Å². The topological polar surface area (TPSA) is 97.1 Å². The van der Waals surface area contributed by atoms with E-state index in [1.165, 1.54) is 14.0 Å². The third-order valence-corrected chi connectivity index (χ3v) is 2.12. The molecular formula is C10H13FN4O2. The summed E-state index contributed by atoms with van der Waals surface area (Å²) in [6.45, 7) is 1.50. The largest absolute Gasteiger partial charge is 0.383 e. The molecule has 0 saturated heterocycles. The lowest BCUT2D eigenvalue weighted by molar-refractivity contribution is -0.122. The number of nitrogen functional groups attached to an aromatic ring is 1. The van der Waals surface area contributed by atoms with Crippen molar-refractivity contribution < 1.29 is 14.0 Å². The SMILES string of the molecule is CNC(=O)C(C)NC(=O)c1cc(F)cnc1N. The Kier molecular flexibility index (Phi) is 3.97. The highest BCUT2D eigenvalue weighted by atomic mass is 19.1. The Labute approximate surface area is 97.4 Å². The first kappa shape index (κ1) is 12.9. The third-order valence-electron chi connectivity index (χ3n) is 2.12. The molecule has 92 valence electrons. The highest BCUT2D eigenvalue weighted by molar-refractivity contribution is 6.00. The van der Waals surface area contributed by atoms with Gasteiger partial charge in [-0.2, -0.15) is 0 Å². The van der Waals surface area contributed by atoms with Gasteiger partial charge in [0.25, 0.3) is 5.91 Å². The number of anilines is 1. The maximum absolute atomic E-state index is 12.9. The van der Waals surface area contributed by atoms with Crippen LogP contribution in [0.1, 0.15) is 17.3 Å². The van der Waals surface area contributed by atoms with Crippen LogP contribution in [-0.2, 0) is 4.79 Å². The second kappa shape index (κ2) is 5.24. The monoisotopic (exact) mass is 240 g/mol. The van der Waals surface area contributed by atoms with Gasteiger partial charge in [0.05, 0.1) is 11.8 Å². The lowest BCUT2D eigenvalue weighted by Gasteiger charge is -2.12. The van der Waals surface area contributed by atoms with E-state index >= 15 is 0 Å². The van der Waals surface area contributed by atoms with E-state index in [1.807, 2.05) is 0 Å². The number of hydrogen-bond acceptors (Lipinski definition) is 4. The van der Waals surface area contributed by atoms with Crippen molar-refractivity contribution in [2.24, 2.45) is 0 Å². The number of pyridine rings is 1. The van der Waals surface area contributed by atoms with Crippen LogP contribution in [-0.4, -0.2) is 29.9 Å². The summed E-state index contributed by atoms with van der Waals surface area (Å²) in [6, 6.07) is 0.226. The highest BCUT2D eigenvalue weighted by Crippen LogP contribution is 2.09. The number of nitrogens with zero attached hydrogens (tertiary/aromatic N) is 1. The summed E-state index contributed by atoms with van der Waals surface area (Å²) in [6.07, 6.45) is 0.911. The van der Waals surface area contributed by atoms with Crippen LogP contribution in [0.2, 0.25) is 0 Å². The summed E-state index contributed by atoms with van der Waals surface area (Å²) in [7, 11) is 1.45. The summed E-state index contributed by atoms with van der Waals surface area (Å²) in [5, 5.41) is 4.75. The number of likely N-dealkylation sites (N-methyl/N-ethyl adjacent to an activating group) is 1. The summed E-state index contributed by atoms with van der Waals surface area (Å²) in [4.78, 5) is 26.4. The molecule has 1 atom stereocenters. The second-order valence-corrected chi connectivity index (χ2v) is 3.40. The van der Waals surface area contributed by atoms with Gasteiger partial charge in [-0.1, -0.05) is 0 Å². The van der Waals surface area contributed by atoms with E-state index in [0.717, 1.165) is 12.3 Å². The molecule has 0 radical (unpaired) electrons. The van der Waals surface area contributed by atoms with E-state index in [4.69, 9.17) is 5.73 Å². The number of nitrogens with one attached hydrogen (secondary N) is 2. The fourth-order valence-electron chi connectivity index (χ4n) is 1.19. The average molecular weight is 240 g/mol. The second-order valence-electron chi connectivity index (χ2n) is 3.40. The third kappa shape index (κ3) is 3.13. The Morgan fingerprint density at radius 1 is 1.53 bits per heavy atom. The summed E-state index contributed by atoms with van der Waals surface area (Å²) < 4.78 is 12.9. The number of halogens is 1. The van der Waals surface area contributed by atoms with Crippen LogP contribution in [0.15, 0.2) is 12.3 Å². The zero-order valence-corrected chi connectivity index (χ0v) is 9.45. The van der Waals surface area contributed by atoms with E-state index in [-0.39, 0.29) is 17.3 Å². The molecule has 0 spiro atoms. The molecule has 2 amide bonds. The van der Waals surface area contributed by atoms with Gasteiger partial charge >= 0.3 is 0 Å². The standard InChI is InChI=1S/C10H13FN4O2/c1-5(9(16)13-2)15-10(17)7-3-6(11)4-14-8(7)12/h3-5H,1-2H3,(H2,12,14)(H,13,16)(H,15,17). The molecule has 17 heavy (non-hydrogen) atoms. The molecule has 1 aromatic rings. The minimum atomic E-state index is -0.741. The van der Waals surface area contributed by atoms with E-state index in [9.17, 15) is 14.0 Å². The van der Waals surface area contributed by atoms with E-state index in [1.54, 1.807) is 0 Å². The van der Waals surface area contributed by atoms with Crippen molar-refractivity contribution in [3.05, 3.63) is 23.6 Å². The summed E-state index contributed by atoms with van der Waals surface area (Å²) in [5.74, 6) is -1.77. The molecule has 0 aliphatic rings. The number of carbonyl (C=O) groups is 2. The van der Waals surface area contributed by atoms with Crippen LogP contribution in [0.5, 0.6) is 0 Å². The first-order valence-corrected chi connectivity index (χ1v) is 4.89. The molecule has 4 N–H and O–H groups in total. The molecule has 7 heteroatoms. The normalized spacial score (nSPS) is 11.7. The molecule has 6 nitrogen and oxygen atoms in total. The smallest absolute Gasteiger partial charge is 0.255 e. The molecule has 0 bridgehead atoms. The Morgan fingerprint density at radius 3 is 2.76 bits per heavy atom. The van der Waals surface area contributed by atoms with E-state index in [2.05, 4.69) is 15.6 Å². The zero-order chi connectivity index (χ0) is 13.0. The quantitative estimate of drug-likeness (QED) is 0.673. The van der Waals surface area contributed by atoms with Gasteiger partial charge < -0.3 is 16.4 Å². The summed E-state index contributed by atoms with van der Waals surface area (Å²) >= 11 is 0. The maximum atomic E-state index is 12.9. The van der Waals surface area contributed by atoms with Crippen molar-refractivity contribution in [3.8, 4) is 0 Å². The van der Waals surface area contributed by atoms with Crippen molar-refractivity contribution in [2.75, 3.05) is 12.8 Å². The van der Waals surface area contributed by atoms with Crippen LogP contribution in [0.3, 0.4) is 0 Å². The number of carbonyl (C=O) groups excluding carboxylic acids is 2. The Bertz CT molecular complexity index is 450. The molecule has 0 aliphatic heterocycles. The van der Waals surface area contributed by atoms with Crippen LogP contribution in [0.25, 0.3) is 0 Å². The fourth-order valence-corrected chi connectivity index (χ4v) is 1.19. The number of nitrogens with two attached hydrogens (primary N) is 1. The predicted molar refractivity (Wildman–Crippen MR) is 59.6 cm³/mol. The van der Waals surface area contributed by atoms with Crippen molar-refractivity contribution in [1.82, 2.24) is 15.6 Å². The van der Waals surface area contributed by atoms with Gasteiger partial charge in [0.2, 0.25) is 5.91 Å². The molecule has 1 heterocycles. The van der Waals surface area contributed by atoms with Crippen LogP contribution in [0.4, 0.5) is 10.2 Å². The molecule has 1 aromatic heterocycles. The Hall–Kier alpha value is -2.18. The number of rotatable bonds is 3. The molecule has 1 unspecified atom stereocenters. The van der Waals surface area contributed by atoms with Crippen LogP contribution < -0.4 is 16.4 Å². The fraction of sp³-hybridized carbons (Fsp3) is 0.300. The minimum absolute atomic E-state index is 0.0898. The first-order valence-electron chi connectivity index (χ1n) is 4.89. The zero-order valence-electron chi connectivity index (χ0n) is 9.45. The molecule has 0 aliphatic carbocycles.